The van der Waals surface area contributed by atoms with Gasteiger partial charge in [0.25, 0.3) is 0 Å². The van der Waals surface area contributed by atoms with Crippen LogP contribution in [0.25, 0.3) is 0 Å². The van der Waals surface area contributed by atoms with Gasteiger partial charge in [-0.15, -0.1) is 0 Å². The van der Waals surface area contributed by atoms with E-state index in [-0.39, 0.29) is 5.91 Å². The Hall–Kier alpha value is -1.39. The zero-order valence-electron chi connectivity index (χ0n) is 9.20. The molecule has 4 N–H and O–H groups in total. The third kappa shape index (κ3) is 2.59. The van der Waals surface area contributed by atoms with Gasteiger partial charge in [0.2, 0.25) is 5.91 Å². The number of amides is 1. The molecule has 1 aromatic carbocycles. The maximum atomic E-state index is 11.2. The lowest BCUT2D eigenvalue weighted by molar-refractivity contribution is 0.0999. The number of hydrogen-bond donors (Lipinski definition) is 3. The summed E-state index contributed by atoms with van der Waals surface area (Å²) in [6, 6.07) is 7.92. The van der Waals surface area contributed by atoms with Gasteiger partial charge >= 0.3 is 0 Å². The Balaban J connectivity index is 2.10. The summed E-state index contributed by atoms with van der Waals surface area (Å²) in [6.07, 6.45) is 0.839. The van der Waals surface area contributed by atoms with Crippen LogP contribution < -0.4 is 16.4 Å². The van der Waals surface area contributed by atoms with Crippen LogP contribution in [0.15, 0.2) is 24.3 Å². The highest BCUT2D eigenvalue weighted by atomic mass is 16.1. The van der Waals surface area contributed by atoms with Crippen molar-refractivity contribution in [2.45, 2.75) is 12.5 Å². The third-order valence-corrected chi connectivity index (χ3v) is 2.87. The summed E-state index contributed by atoms with van der Waals surface area (Å²) in [7, 11) is 0. The van der Waals surface area contributed by atoms with Crippen LogP contribution in [0.3, 0.4) is 0 Å². The van der Waals surface area contributed by atoms with E-state index in [0.717, 1.165) is 31.6 Å². The van der Waals surface area contributed by atoms with Gasteiger partial charge in [0.1, 0.15) is 0 Å². The summed E-state index contributed by atoms with van der Waals surface area (Å²) in [5.41, 5.74) is 7.00. The van der Waals surface area contributed by atoms with Crippen LogP contribution in [0.1, 0.15) is 15.9 Å². The second kappa shape index (κ2) is 5.09. The molecule has 4 heteroatoms. The van der Waals surface area contributed by atoms with E-state index >= 15 is 0 Å². The van der Waals surface area contributed by atoms with Gasteiger partial charge < -0.3 is 16.4 Å². The van der Waals surface area contributed by atoms with Crippen LogP contribution in [-0.4, -0.2) is 31.6 Å². The van der Waals surface area contributed by atoms with Crippen LogP contribution >= 0.6 is 0 Å². The van der Waals surface area contributed by atoms with E-state index in [1.54, 1.807) is 6.07 Å². The van der Waals surface area contributed by atoms with Crippen LogP contribution in [0.2, 0.25) is 0 Å². The van der Waals surface area contributed by atoms with E-state index in [9.17, 15) is 4.79 Å². The predicted molar refractivity (Wildman–Crippen MR) is 63.3 cm³/mol. The average Bonchev–Trinajstić information content (AvgIpc) is 2.31. The number of piperazine rings is 1. The Kier molecular flexibility index (Phi) is 3.54. The molecule has 0 saturated carbocycles. The van der Waals surface area contributed by atoms with E-state index in [0.29, 0.717) is 11.6 Å². The van der Waals surface area contributed by atoms with Gasteiger partial charge in [-0.1, -0.05) is 18.2 Å². The van der Waals surface area contributed by atoms with Gasteiger partial charge in [-0.05, 0) is 18.1 Å². The highest BCUT2D eigenvalue weighted by molar-refractivity contribution is 5.94. The fourth-order valence-corrected chi connectivity index (χ4v) is 2.06. The molecule has 1 aliphatic rings. The van der Waals surface area contributed by atoms with Crippen molar-refractivity contribution in [1.29, 1.82) is 0 Å². The number of benzene rings is 1. The fourth-order valence-electron chi connectivity index (χ4n) is 2.06. The number of carbonyl (C=O) groups excluding carboxylic acids is 1. The third-order valence-electron chi connectivity index (χ3n) is 2.87. The second-order valence-electron chi connectivity index (χ2n) is 4.08. The lowest BCUT2D eigenvalue weighted by Crippen LogP contribution is -2.49. The normalized spacial score (nSPS) is 20.6. The van der Waals surface area contributed by atoms with E-state index in [1.165, 1.54) is 0 Å². The highest BCUT2D eigenvalue weighted by Gasteiger charge is 2.15. The molecule has 0 spiro atoms. The molecule has 1 unspecified atom stereocenters. The van der Waals surface area contributed by atoms with Crippen LogP contribution in [0.5, 0.6) is 0 Å². The smallest absolute Gasteiger partial charge is 0.248 e. The van der Waals surface area contributed by atoms with Gasteiger partial charge in [0.15, 0.2) is 0 Å². The van der Waals surface area contributed by atoms with Crippen molar-refractivity contribution >= 4 is 5.91 Å². The molecule has 4 nitrogen and oxygen atoms in total. The summed E-state index contributed by atoms with van der Waals surface area (Å²) in [5.74, 6) is -0.348. The molecule has 2 rings (SSSR count). The van der Waals surface area contributed by atoms with E-state index in [4.69, 9.17) is 5.73 Å². The van der Waals surface area contributed by atoms with Crippen molar-refractivity contribution in [3.8, 4) is 0 Å². The second-order valence-corrected chi connectivity index (χ2v) is 4.08. The van der Waals surface area contributed by atoms with Crippen molar-refractivity contribution < 1.29 is 4.79 Å². The van der Waals surface area contributed by atoms with Gasteiger partial charge in [-0.3, -0.25) is 4.79 Å². The number of rotatable bonds is 3. The van der Waals surface area contributed by atoms with Crippen LogP contribution in [0, 0.1) is 0 Å². The van der Waals surface area contributed by atoms with Crippen LogP contribution in [0.4, 0.5) is 0 Å². The van der Waals surface area contributed by atoms with Gasteiger partial charge in [0, 0.05) is 31.2 Å². The number of nitrogens with one attached hydrogen (secondary N) is 2. The minimum absolute atomic E-state index is 0.348. The van der Waals surface area contributed by atoms with Gasteiger partial charge in [-0.25, -0.2) is 0 Å². The average molecular weight is 219 g/mol. The minimum atomic E-state index is -0.348. The van der Waals surface area contributed by atoms with Gasteiger partial charge in [-0.2, -0.15) is 0 Å². The lowest BCUT2D eigenvalue weighted by Gasteiger charge is -2.25. The number of hydrogen-bond acceptors (Lipinski definition) is 3. The SMILES string of the molecule is NC(=O)c1ccccc1CC1CNCCN1. The molecule has 1 heterocycles. The maximum absolute atomic E-state index is 11.2. The molecular formula is C12H17N3O. The molecule has 0 aromatic heterocycles. The first-order chi connectivity index (χ1) is 7.77. The van der Waals surface area contributed by atoms with Crippen molar-refractivity contribution in [3.63, 3.8) is 0 Å². The molecule has 0 aliphatic carbocycles. The van der Waals surface area contributed by atoms with Crippen molar-refractivity contribution in [2.75, 3.05) is 19.6 Å². The lowest BCUT2D eigenvalue weighted by atomic mass is 9.99. The van der Waals surface area contributed by atoms with Crippen LogP contribution in [-0.2, 0) is 6.42 Å². The molecular weight excluding hydrogens is 202 g/mol. The molecule has 1 fully saturated rings. The summed E-state index contributed by atoms with van der Waals surface area (Å²) in [6.45, 7) is 2.92. The number of carbonyl (C=O) groups is 1. The Morgan fingerprint density at radius 1 is 1.38 bits per heavy atom. The molecule has 1 aliphatic heterocycles. The van der Waals surface area contributed by atoms with Crippen molar-refractivity contribution in [2.24, 2.45) is 5.73 Å². The number of nitrogens with two attached hydrogens (primary N) is 1. The topological polar surface area (TPSA) is 67.2 Å². The Morgan fingerprint density at radius 2 is 2.19 bits per heavy atom. The molecule has 1 amide bonds. The zero-order valence-corrected chi connectivity index (χ0v) is 9.20. The molecule has 0 bridgehead atoms. The van der Waals surface area contributed by atoms with Crippen molar-refractivity contribution in [1.82, 2.24) is 10.6 Å². The molecule has 16 heavy (non-hydrogen) atoms. The van der Waals surface area contributed by atoms with E-state index in [1.807, 2.05) is 18.2 Å². The van der Waals surface area contributed by atoms with Gasteiger partial charge in [0.05, 0.1) is 0 Å². The fraction of sp³-hybridized carbons (Fsp3) is 0.417. The van der Waals surface area contributed by atoms with E-state index < -0.39 is 0 Å². The molecule has 1 saturated heterocycles. The predicted octanol–water partition coefficient (Wildman–Crippen LogP) is -0.111. The summed E-state index contributed by atoms with van der Waals surface area (Å²) in [5, 5.41) is 6.74. The summed E-state index contributed by atoms with van der Waals surface area (Å²) >= 11 is 0. The molecule has 1 aromatic rings. The van der Waals surface area contributed by atoms with Crippen molar-refractivity contribution in [3.05, 3.63) is 35.4 Å². The standard InChI is InChI=1S/C12H17N3O/c13-12(16)11-4-2-1-3-9(11)7-10-8-14-5-6-15-10/h1-4,10,14-15H,5-8H2,(H2,13,16). The Labute approximate surface area is 95.2 Å². The first-order valence-electron chi connectivity index (χ1n) is 5.59. The summed E-state index contributed by atoms with van der Waals surface area (Å²) in [4.78, 5) is 11.2. The zero-order chi connectivity index (χ0) is 11.4. The monoisotopic (exact) mass is 219 g/mol. The highest BCUT2D eigenvalue weighted by Crippen LogP contribution is 2.11. The Bertz CT molecular complexity index is 372. The summed E-state index contributed by atoms with van der Waals surface area (Å²) < 4.78 is 0. The molecule has 0 radical (unpaired) electrons. The first kappa shape index (κ1) is 11.1. The minimum Gasteiger partial charge on any atom is -0.366 e. The maximum Gasteiger partial charge on any atom is 0.248 e. The quantitative estimate of drug-likeness (QED) is 0.664. The first-order valence-corrected chi connectivity index (χ1v) is 5.59. The Morgan fingerprint density at radius 3 is 2.88 bits per heavy atom. The number of primary amides is 1. The van der Waals surface area contributed by atoms with E-state index in [2.05, 4.69) is 10.6 Å². The molecule has 1 atom stereocenters. The molecule has 86 valence electrons. The largest absolute Gasteiger partial charge is 0.366 e.